The van der Waals surface area contributed by atoms with E-state index >= 15 is 0 Å². The highest BCUT2D eigenvalue weighted by atomic mass is 19.4. The SMILES string of the molecule is FC(F)(F)COC12CCCC1C1CCC3CC4(C=CCCC4)OC31O2. The van der Waals surface area contributed by atoms with E-state index in [1.54, 1.807) is 0 Å². The second kappa shape index (κ2) is 5.23. The molecule has 6 unspecified atom stereocenters. The van der Waals surface area contributed by atoms with E-state index in [0.29, 0.717) is 6.42 Å². The summed E-state index contributed by atoms with van der Waals surface area (Å²) < 4.78 is 56.9. The minimum absolute atomic E-state index is 0.0302. The van der Waals surface area contributed by atoms with E-state index in [1.807, 2.05) is 0 Å². The highest BCUT2D eigenvalue weighted by Crippen LogP contribution is 2.68. The van der Waals surface area contributed by atoms with Gasteiger partial charge in [-0.2, -0.15) is 13.2 Å². The van der Waals surface area contributed by atoms with Crippen molar-refractivity contribution in [3.8, 4) is 0 Å². The summed E-state index contributed by atoms with van der Waals surface area (Å²) in [6, 6.07) is 0. The van der Waals surface area contributed by atoms with Crippen molar-refractivity contribution in [2.45, 2.75) is 81.1 Å². The number of alkyl halides is 3. The van der Waals surface area contributed by atoms with E-state index < -0.39 is 24.4 Å². The van der Waals surface area contributed by atoms with E-state index in [-0.39, 0.29) is 23.4 Å². The zero-order chi connectivity index (χ0) is 17.3. The number of halogens is 3. The molecule has 25 heavy (non-hydrogen) atoms. The van der Waals surface area contributed by atoms with Gasteiger partial charge in [-0.1, -0.05) is 12.2 Å². The van der Waals surface area contributed by atoms with Gasteiger partial charge < -0.3 is 14.2 Å². The number of rotatable bonds is 2. The Balaban J connectivity index is 1.45. The lowest BCUT2D eigenvalue weighted by atomic mass is 9.83. The predicted octanol–water partition coefficient (Wildman–Crippen LogP) is 4.71. The fourth-order valence-corrected chi connectivity index (χ4v) is 6.37. The van der Waals surface area contributed by atoms with E-state index in [1.165, 1.54) is 0 Å². The van der Waals surface area contributed by atoms with Gasteiger partial charge in [0.05, 0.1) is 5.60 Å². The second-order valence-corrected chi connectivity index (χ2v) is 8.58. The van der Waals surface area contributed by atoms with Crippen molar-refractivity contribution in [1.29, 1.82) is 0 Å². The first-order valence-corrected chi connectivity index (χ1v) is 9.65. The molecule has 5 rings (SSSR count). The molecule has 140 valence electrons. The Labute approximate surface area is 145 Å². The Morgan fingerprint density at radius 3 is 2.68 bits per heavy atom. The van der Waals surface area contributed by atoms with E-state index in [2.05, 4.69) is 12.2 Å². The fraction of sp³-hybridized carbons (Fsp3) is 0.895. The molecule has 2 saturated carbocycles. The summed E-state index contributed by atoms with van der Waals surface area (Å²) in [6.07, 6.45) is 8.45. The normalized spacial score (nSPS) is 51.1. The molecule has 0 aromatic heterocycles. The summed E-state index contributed by atoms with van der Waals surface area (Å²) in [5, 5.41) is 0. The van der Waals surface area contributed by atoms with E-state index in [9.17, 15) is 13.2 Å². The molecule has 2 spiro atoms. The molecule has 0 bridgehead atoms. The van der Waals surface area contributed by atoms with Gasteiger partial charge in [0.2, 0.25) is 0 Å². The molecule has 0 aromatic rings. The minimum Gasteiger partial charge on any atom is -0.340 e. The lowest BCUT2D eigenvalue weighted by Gasteiger charge is -2.36. The molecule has 0 aromatic carbocycles. The summed E-state index contributed by atoms with van der Waals surface area (Å²) in [5.41, 5.74) is -0.272. The van der Waals surface area contributed by atoms with Crippen LogP contribution < -0.4 is 0 Å². The fourth-order valence-electron chi connectivity index (χ4n) is 6.37. The minimum atomic E-state index is -4.33. The molecular formula is C19H25F3O3. The van der Waals surface area contributed by atoms with Crippen LogP contribution in [0.15, 0.2) is 12.2 Å². The Kier molecular flexibility index (Phi) is 3.47. The lowest BCUT2D eigenvalue weighted by molar-refractivity contribution is -0.349. The van der Waals surface area contributed by atoms with Crippen LogP contribution in [0.4, 0.5) is 13.2 Å². The van der Waals surface area contributed by atoms with Gasteiger partial charge in [0.25, 0.3) is 0 Å². The molecule has 6 heteroatoms. The summed E-state index contributed by atoms with van der Waals surface area (Å²) in [4.78, 5) is 0. The van der Waals surface area contributed by atoms with Gasteiger partial charge >= 0.3 is 6.18 Å². The first kappa shape index (κ1) is 16.6. The molecule has 4 fully saturated rings. The number of hydrogen-bond donors (Lipinski definition) is 0. The van der Waals surface area contributed by atoms with Gasteiger partial charge in [-0.15, -0.1) is 0 Å². The van der Waals surface area contributed by atoms with E-state index in [4.69, 9.17) is 14.2 Å². The van der Waals surface area contributed by atoms with Crippen molar-refractivity contribution < 1.29 is 27.4 Å². The molecule has 5 aliphatic rings. The van der Waals surface area contributed by atoms with Gasteiger partial charge in [-0.3, -0.25) is 0 Å². The monoisotopic (exact) mass is 358 g/mol. The van der Waals surface area contributed by atoms with Crippen LogP contribution in [-0.2, 0) is 14.2 Å². The molecule has 0 N–H and O–H groups in total. The quantitative estimate of drug-likeness (QED) is 0.669. The van der Waals surface area contributed by atoms with Gasteiger partial charge in [0.15, 0.2) is 11.6 Å². The summed E-state index contributed by atoms with van der Waals surface area (Å²) in [7, 11) is 0. The average molecular weight is 358 g/mol. The number of allylic oxidation sites excluding steroid dienone is 1. The maximum Gasteiger partial charge on any atom is 0.411 e. The van der Waals surface area contributed by atoms with Crippen LogP contribution in [0.5, 0.6) is 0 Å². The number of hydrogen-bond acceptors (Lipinski definition) is 3. The smallest absolute Gasteiger partial charge is 0.340 e. The van der Waals surface area contributed by atoms with Crippen LogP contribution in [0.2, 0.25) is 0 Å². The zero-order valence-corrected chi connectivity index (χ0v) is 14.3. The van der Waals surface area contributed by atoms with Crippen molar-refractivity contribution in [3.63, 3.8) is 0 Å². The highest BCUT2D eigenvalue weighted by molar-refractivity contribution is 5.19. The van der Waals surface area contributed by atoms with Crippen LogP contribution in [-0.4, -0.2) is 30.0 Å². The standard InChI is InChI=1S/C19H25F3O3/c20-18(21,22)12-23-17-10-4-5-14(17)15-7-6-13-11-16(8-2-1-3-9-16)24-19(13,15)25-17/h2,8,13-15H,1,3-7,9-12H2. The average Bonchev–Trinajstić information content (AvgIpc) is 3.20. The molecule has 0 amide bonds. The third kappa shape index (κ3) is 2.36. The first-order chi connectivity index (χ1) is 11.9. The topological polar surface area (TPSA) is 27.7 Å². The highest BCUT2D eigenvalue weighted by Gasteiger charge is 2.74. The Morgan fingerprint density at radius 2 is 1.92 bits per heavy atom. The van der Waals surface area contributed by atoms with Gasteiger partial charge in [-0.25, -0.2) is 0 Å². The second-order valence-electron chi connectivity index (χ2n) is 8.58. The van der Waals surface area contributed by atoms with Gasteiger partial charge in [-0.05, 0) is 51.4 Å². The molecule has 3 nitrogen and oxygen atoms in total. The van der Waals surface area contributed by atoms with Crippen LogP contribution in [0, 0.1) is 17.8 Å². The predicted molar refractivity (Wildman–Crippen MR) is 83.5 cm³/mol. The Morgan fingerprint density at radius 1 is 1.04 bits per heavy atom. The molecule has 2 aliphatic heterocycles. The van der Waals surface area contributed by atoms with Crippen molar-refractivity contribution in [2.75, 3.05) is 6.61 Å². The van der Waals surface area contributed by atoms with Crippen LogP contribution in [0.25, 0.3) is 0 Å². The third-order valence-electron chi connectivity index (χ3n) is 7.16. The summed E-state index contributed by atoms with van der Waals surface area (Å²) >= 11 is 0. The lowest BCUT2D eigenvalue weighted by Crippen LogP contribution is -2.43. The molecule has 2 saturated heterocycles. The van der Waals surface area contributed by atoms with Crippen LogP contribution in [0.1, 0.15) is 57.8 Å². The van der Waals surface area contributed by atoms with Crippen LogP contribution >= 0.6 is 0 Å². The maximum atomic E-state index is 12.8. The summed E-state index contributed by atoms with van der Waals surface area (Å²) in [6.45, 7) is -1.23. The molecule has 6 atom stereocenters. The zero-order valence-electron chi connectivity index (χ0n) is 14.3. The van der Waals surface area contributed by atoms with Crippen molar-refractivity contribution in [2.24, 2.45) is 17.8 Å². The maximum absolute atomic E-state index is 12.8. The number of fused-ring (bicyclic) bond motifs is 2. The van der Waals surface area contributed by atoms with Gasteiger partial charge in [0, 0.05) is 24.2 Å². The third-order valence-corrected chi connectivity index (χ3v) is 7.16. The largest absolute Gasteiger partial charge is 0.411 e. The van der Waals surface area contributed by atoms with Crippen molar-refractivity contribution in [3.05, 3.63) is 12.2 Å². The van der Waals surface area contributed by atoms with Gasteiger partial charge in [0.1, 0.15) is 6.61 Å². The molecule has 3 aliphatic carbocycles. The summed E-state index contributed by atoms with van der Waals surface area (Å²) in [5.74, 6) is -1.34. The molecular weight excluding hydrogens is 333 g/mol. The molecule has 0 radical (unpaired) electrons. The first-order valence-electron chi connectivity index (χ1n) is 9.65. The van der Waals surface area contributed by atoms with Crippen molar-refractivity contribution >= 4 is 0 Å². The van der Waals surface area contributed by atoms with E-state index in [0.717, 1.165) is 51.4 Å². The van der Waals surface area contributed by atoms with Crippen molar-refractivity contribution in [1.82, 2.24) is 0 Å². The molecule has 2 heterocycles. The van der Waals surface area contributed by atoms with Crippen LogP contribution in [0.3, 0.4) is 0 Å². The Bertz CT molecular complexity index is 591. The Hall–Kier alpha value is -0.590. The number of ether oxygens (including phenoxy) is 3.